The molecule has 0 bridgehead atoms. The summed E-state index contributed by atoms with van der Waals surface area (Å²) in [5.74, 6) is -0.283. The van der Waals surface area contributed by atoms with Crippen LogP contribution in [0.4, 0.5) is 4.39 Å². The van der Waals surface area contributed by atoms with Gasteiger partial charge in [0.25, 0.3) is 0 Å². The standard InChI is InChI=1S/C18H18FNO5S/c1-23-16-8-7-13(10-14(16)19)26(21,22)20-11-18(24-2)17-9-12-5-3-4-6-15(12)25-17/h3-10,18,20H,11H2,1-2H3/t18-/m0/s1. The predicted molar refractivity (Wildman–Crippen MR) is 94.1 cm³/mol. The predicted octanol–water partition coefficient (Wildman–Crippen LogP) is 3.25. The van der Waals surface area contributed by atoms with E-state index in [-0.39, 0.29) is 17.2 Å². The lowest BCUT2D eigenvalue weighted by Crippen LogP contribution is -2.29. The Hall–Kier alpha value is -2.42. The van der Waals surface area contributed by atoms with Crippen molar-refractivity contribution in [3.05, 3.63) is 60.1 Å². The van der Waals surface area contributed by atoms with Crippen LogP contribution in [-0.4, -0.2) is 29.2 Å². The highest BCUT2D eigenvalue weighted by atomic mass is 32.2. The van der Waals surface area contributed by atoms with Crippen molar-refractivity contribution in [1.82, 2.24) is 4.72 Å². The van der Waals surface area contributed by atoms with Crippen molar-refractivity contribution in [2.45, 2.75) is 11.0 Å². The Kier molecular flexibility index (Phi) is 5.26. The van der Waals surface area contributed by atoms with E-state index in [1.54, 1.807) is 6.07 Å². The molecule has 1 heterocycles. The van der Waals surface area contributed by atoms with Crippen molar-refractivity contribution in [3.8, 4) is 5.75 Å². The molecule has 0 saturated heterocycles. The summed E-state index contributed by atoms with van der Waals surface area (Å²) >= 11 is 0. The number of para-hydroxylation sites is 1. The highest BCUT2D eigenvalue weighted by molar-refractivity contribution is 7.89. The van der Waals surface area contributed by atoms with E-state index in [1.807, 2.05) is 24.3 Å². The summed E-state index contributed by atoms with van der Waals surface area (Å²) in [7, 11) is -1.15. The average Bonchev–Trinajstić information content (AvgIpc) is 3.06. The number of fused-ring (bicyclic) bond motifs is 1. The van der Waals surface area contributed by atoms with Gasteiger partial charge in [0.1, 0.15) is 17.4 Å². The number of benzene rings is 2. The third kappa shape index (κ3) is 3.72. The number of hydrogen-bond acceptors (Lipinski definition) is 5. The van der Waals surface area contributed by atoms with Crippen LogP contribution in [0.2, 0.25) is 0 Å². The van der Waals surface area contributed by atoms with Crippen LogP contribution in [0.5, 0.6) is 5.75 Å². The highest BCUT2D eigenvalue weighted by Crippen LogP contribution is 2.26. The number of methoxy groups -OCH3 is 2. The summed E-state index contributed by atoms with van der Waals surface area (Å²) in [6.07, 6.45) is -0.625. The van der Waals surface area contributed by atoms with Gasteiger partial charge in [-0.25, -0.2) is 17.5 Å². The smallest absolute Gasteiger partial charge is 0.240 e. The Labute approximate surface area is 150 Å². The van der Waals surface area contributed by atoms with Gasteiger partial charge in [-0.2, -0.15) is 0 Å². The molecule has 0 aliphatic heterocycles. The van der Waals surface area contributed by atoms with Crippen LogP contribution in [-0.2, 0) is 14.8 Å². The summed E-state index contributed by atoms with van der Waals surface area (Å²) in [6.45, 7) is -0.0632. The van der Waals surface area contributed by atoms with Crippen LogP contribution < -0.4 is 9.46 Å². The van der Waals surface area contributed by atoms with E-state index in [1.165, 1.54) is 26.4 Å². The van der Waals surface area contributed by atoms with Gasteiger partial charge in [-0.3, -0.25) is 0 Å². The first kappa shape index (κ1) is 18.4. The number of furan rings is 1. The van der Waals surface area contributed by atoms with E-state index in [4.69, 9.17) is 13.9 Å². The Morgan fingerprint density at radius 3 is 2.58 bits per heavy atom. The van der Waals surface area contributed by atoms with E-state index < -0.39 is 21.9 Å². The molecule has 1 aromatic heterocycles. The Morgan fingerprint density at radius 1 is 1.15 bits per heavy atom. The minimum absolute atomic E-state index is 0.0269. The molecule has 3 aromatic rings. The molecule has 0 spiro atoms. The first-order valence-electron chi connectivity index (χ1n) is 7.79. The number of ether oxygens (including phenoxy) is 2. The molecule has 1 N–H and O–H groups in total. The molecular formula is C18H18FNO5S. The Bertz CT molecular complexity index is 982. The third-order valence-electron chi connectivity index (χ3n) is 3.94. The van der Waals surface area contributed by atoms with Gasteiger partial charge < -0.3 is 13.9 Å². The number of hydrogen-bond donors (Lipinski definition) is 1. The van der Waals surface area contributed by atoms with Crippen molar-refractivity contribution in [2.24, 2.45) is 0 Å². The van der Waals surface area contributed by atoms with Crippen LogP contribution in [0.1, 0.15) is 11.9 Å². The zero-order valence-electron chi connectivity index (χ0n) is 14.2. The molecule has 8 heteroatoms. The van der Waals surface area contributed by atoms with Gasteiger partial charge in [0.2, 0.25) is 10.0 Å². The monoisotopic (exact) mass is 379 g/mol. The van der Waals surface area contributed by atoms with Gasteiger partial charge >= 0.3 is 0 Å². The zero-order valence-corrected chi connectivity index (χ0v) is 15.0. The molecule has 0 aliphatic rings. The highest BCUT2D eigenvalue weighted by Gasteiger charge is 2.21. The number of sulfonamides is 1. The van der Waals surface area contributed by atoms with E-state index in [0.717, 1.165) is 11.5 Å². The molecule has 3 rings (SSSR count). The summed E-state index contributed by atoms with van der Waals surface area (Å²) in [5, 5.41) is 0.893. The van der Waals surface area contributed by atoms with Crippen LogP contribution in [0, 0.1) is 5.82 Å². The Balaban J connectivity index is 1.77. The molecule has 2 aromatic carbocycles. The number of halogens is 1. The van der Waals surface area contributed by atoms with Crippen molar-refractivity contribution >= 4 is 21.0 Å². The molecule has 138 valence electrons. The fourth-order valence-corrected chi connectivity index (χ4v) is 3.59. The molecule has 0 unspecified atom stereocenters. The topological polar surface area (TPSA) is 77.8 Å². The molecule has 0 radical (unpaired) electrons. The van der Waals surface area contributed by atoms with Gasteiger partial charge in [-0.15, -0.1) is 0 Å². The lowest BCUT2D eigenvalue weighted by Gasteiger charge is -2.14. The minimum atomic E-state index is -3.92. The maximum atomic E-state index is 13.8. The second kappa shape index (κ2) is 7.45. The molecule has 6 nitrogen and oxygen atoms in total. The second-order valence-electron chi connectivity index (χ2n) is 5.56. The molecular weight excluding hydrogens is 361 g/mol. The molecule has 0 fully saturated rings. The van der Waals surface area contributed by atoms with Gasteiger partial charge in [-0.05, 0) is 30.3 Å². The van der Waals surface area contributed by atoms with E-state index in [9.17, 15) is 12.8 Å². The second-order valence-corrected chi connectivity index (χ2v) is 7.33. The molecule has 0 aliphatic carbocycles. The average molecular weight is 379 g/mol. The molecule has 0 amide bonds. The lowest BCUT2D eigenvalue weighted by molar-refractivity contribution is 0.0893. The zero-order chi connectivity index (χ0) is 18.7. The van der Waals surface area contributed by atoms with Crippen LogP contribution in [0.15, 0.2) is 57.8 Å². The van der Waals surface area contributed by atoms with Gasteiger partial charge in [0.15, 0.2) is 11.6 Å². The maximum absolute atomic E-state index is 13.8. The van der Waals surface area contributed by atoms with Crippen LogP contribution in [0.3, 0.4) is 0 Å². The first-order chi connectivity index (χ1) is 12.4. The van der Waals surface area contributed by atoms with Gasteiger partial charge in [0, 0.05) is 19.0 Å². The van der Waals surface area contributed by atoms with Crippen molar-refractivity contribution in [1.29, 1.82) is 0 Å². The van der Waals surface area contributed by atoms with E-state index >= 15 is 0 Å². The Morgan fingerprint density at radius 2 is 1.92 bits per heavy atom. The maximum Gasteiger partial charge on any atom is 0.240 e. The van der Waals surface area contributed by atoms with Gasteiger partial charge in [0.05, 0.1) is 12.0 Å². The van der Waals surface area contributed by atoms with Gasteiger partial charge in [-0.1, -0.05) is 18.2 Å². The third-order valence-corrected chi connectivity index (χ3v) is 5.36. The van der Waals surface area contributed by atoms with E-state index in [2.05, 4.69) is 4.72 Å². The molecule has 0 saturated carbocycles. The molecule has 26 heavy (non-hydrogen) atoms. The summed E-state index contributed by atoms with van der Waals surface area (Å²) in [6, 6.07) is 12.7. The quantitative estimate of drug-likeness (QED) is 0.682. The lowest BCUT2D eigenvalue weighted by atomic mass is 10.2. The minimum Gasteiger partial charge on any atom is -0.494 e. The number of nitrogens with one attached hydrogen (secondary N) is 1. The summed E-state index contributed by atoms with van der Waals surface area (Å²) in [4.78, 5) is -0.199. The fraction of sp³-hybridized carbons (Fsp3) is 0.222. The summed E-state index contributed by atoms with van der Waals surface area (Å²) < 4.78 is 56.8. The van der Waals surface area contributed by atoms with Crippen LogP contribution >= 0.6 is 0 Å². The molecule has 1 atom stereocenters. The van der Waals surface area contributed by atoms with E-state index in [0.29, 0.717) is 11.3 Å². The number of rotatable bonds is 7. The normalized spacial score (nSPS) is 13.0. The van der Waals surface area contributed by atoms with Crippen molar-refractivity contribution < 1.29 is 26.7 Å². The summed E-state index contributed by atoms with van der Waals surface area (Å²) in [5.41, 5.74) is 0.685. The SMILES string of the molecule is COc1ccc(S(=O)(=O)NC[C@H](OC)c2cc3ccccc3o2)cc1F. The van der Waals surface area contributed by atoms with Crippen molar-refractivity contribution in [3.63, 3.8) is 0 Å². The van der Waals surface area contributed by atoms with Crippen molar-refractivity contribution in [2.75, 3.05) is 20.8 Å². The largest absolute Gasteiger partial charge is 0.494 e. The fourth-order valence-electron chi connectivity index (χ4n) is 2.54. The van der Waals surface area contributed by atoms with Crippen LogP contribution in [0.25, 0.3) is 11.0 Å². The first-order valence-corrected chi connectivity index (χ1v) is 9.27.